The highest BCUT2D eigenvalue weighted by Crippen LogP contribution is 2.32. The van der Waals surface area contributed by atoms with Crippen molar-refractivity contribution in [2.24, 2.45) is 0 Å². The van der Waals surface area contributed by atoms with Crippen molar-refractivity contribution in [1.29, 1.82) is 5.26 Å². The standard InChI is InChI=1S/C12H10F3NO3/c13-8-2-1-3-9(19-12(14)15)11(8)7(6-16)4-5-10(17)18/h1-3,7,12H,4-5H2,(H,17,18). The van der Waals surface area contributed by atoms with Gasteiger partial charge < -0.3 is 9.84 Å². The first-order chi connectivity index (χ1) is 8.95. The van der Waals surface area contributed by atoms with Crippen molar-refractivity contribution in [2.75, 3.05) is 0 Å². The van der Waals surface area contributed by atoms with Gasteiger partial charge in [-0.05, 0) is 18.6 Å². The molecule has 0 spiro atoms. The Bertz CT molecular complexity index is 499. The zero-order chi connectivity index (χ0) is 14.4. The molecule has 0 aliphatic carbocycles. The molecule has 0 amide bonds. The Labute approximate surface area is 107 Å². The van der Waals surface area contributed by atoms with Gasteiger partial charge in [0.2, 0.25) is 0 Å². The van der Waals surface area contributed by atoms with Crippen LogP contribution in [0, 0.1) is 17.1 Å². The van der Waals surface area contributed by atoms with Gasteiger partial charge in [-0.1, -0.05) is 6.07 Å². The van der Waals surface area contributed by atoms with Gasteiger partial charge >= 0.3 is 12.6 Å². The molecule has 0 fully saturated rings. The quantitative estimate of drug-likeness (QED) is 0.865. The highest BCUT2D eigenvalue weighted by molar-refractivity contribution is 5.66. The van der Waals surface area contributed by atoms with E-state index in [9.17, 15) is 18.0 Å². The fourth-order valence-electron chi connectivity index (χ4n) is 1.60. The van der Waals surface area contributed by atoms with E-state index in [2.05, 4.69) is 4.74 Å². The van der Waals surface area contributed by atoms with Gasteiger partial charge in [0.05, 0.1) is 12.0 Å². The van der Waals surface area contributed by atoms with E-state index in [0.29, 0.717) is 0 Å². The molecule has 1 atom stereocenters. The Kier molecular flexibility index (Phi) is 5.18. The van der Waals surface area contributed by atoms with Gasteiger partial charge in [0.25, 0.3) is 0 Å². The van der Waals surface area contributed by atoms with Crippen LogP contribution in [0.1, 0.15) is 24.3 Å². The third-order valence-corrected chi connectivity index (χ3v) is 2.38. The minimum absolute atomic E-state index is 0.188. The van der Waals surface area contributed by atoms with E-state index >= 15 is 0 Å². The number of rotatable bonds is 6. The van der Waals surface area contributed by atoms with E-state index in [1.165, 1.54) is 6.07 Å². The number of carboxylic acids is 1. The van der Waals surface area contributed by atoms with Crippen LogP contribution in [-0.2, 0) is 4.79 Å². The number of hydrogen-bond donors (Lipinski definition) is 1. The van der Waals surface area contributed by atoms with E-state index in [-0.39, 0.29) is 18.4 Å². The first-order valence-corrected chi connectivity index (χ1v) is 5.30. The molecule has 19 heavy (non-hydrogen) atoms. The van der Waals surface area contributed by atoms with Crippen LogP contribution in [0.15, 0.2) is 18.2 Å². The third kappa shape index (κ3) is 4.17. The van der Waals surface area contributed by atoms with Crippen molar-refractivity contribution >= 4 is 5.97 Å². The molecule has 0 bridgehead atoms. The Morgan fingerprint density at radius 3 is 2.68 bits per heavy atom. The van der Waals surface area contributed by atoms with Gasteiger partial charge in [0, 0.05) is 12.0 Å². The molecular formula is C12H10F3NO3. The summed E-state index contributed by atoms with van der Waals surface area (Å²) in [5, 5.41) is 17.5. The average Bonchev–Trinajstić information content (AvgIpc) is 2.31. The smallest absolute Gasteiger partial charge is 0.387 e. The van der Waals surface area contributed by atoms with Gasteiger partial charge in [-0.3, -0.25) is 4.79 Å². The van der Waals surface area contributed by atoms with Crippen LogP contribution in [0.4, 0.5) is 13.2 Å². The predicted molar refractivity (Wildman–Crippen MR) is 58.3 cm³/mol. The van der Waals surface area contributed by atoms with E-state index in [4.69, 9.17) is 10.4 Å². The molecular weight excluding hydrogens is 263 g/mol. The van der Waals surface area contributed by atoms with Crippen molar-refractivity contribution in [3.63, 3.8) is 0 Å². The van der Waals surface area contributed by atoms with E-state index < -0.39 is 30.1 Å². The molecule has 1 aromatic carbocycles. The summed E-state index contributed by atoms with van der Waals surface area (Å²) in [6.07, 6.45) is -0.562. The number of nitriles is 1. The second-order valence-corrected chi connectivity index (χ2v) is 3.64. The molecule has 0 aliphatic heterocycles. The van der Waals surface area contributed by atoms with Gasteiger partial charge in [0.15, 0.2) is 0 Å². The van der Waals surface area contributed by atoms with Crippen molar-refractivity contribution in [3.8, 4) is 11.8 Å². The molecule has 7 heteroatoms. The molecule has 0 saturated carbocycles. The molecule has 1 rings (SSSR count). The zero-order valence-corrected chi connectivity index (χ0v) is 9.65. The number of carbonyl (C=O) groups is 1. The van der Waals surface area contributed by atoms with Crippen LogP contribution < -0.4 is 4.74 Å². The summed E-state index contributed by atoms with van der Waals surface area (Å²) < 4.78 is 42.2. The molecule has 0 aromatic heterocycles. The lowest BCUT2D eigenvalue weighted by atomic mass is 9.94. The maximum absolute atomic E-state index is 13.6. The highest BCUT2D eigenvalue weighted by Gasteiger charge is 2.22. The number of alkyl halides is 2. The predicted octanol–water partition coefficient (Wildman–Crippen LogP) is 2.90. The fourth-order valence-corrected chi connectivity index (χ4v) is 1.60. The number of halogens is 3. The first kappa shape index (κ1) is 14.8. The van der Waals surface area contributed by atoms with Crippen LogP contribution in [0.25, 0.3) is 0 Å². The van der Waals surface area contributed by atoms with Crippen molar-refractivity contribution in [3.05, 3.63) is 29.6 Å². The monoisotopic (exact) mass is 273 g/mol. The molecule has 1 N–H and O–H groups in total. The summed E-state index contributed by atoms with van der Waals surface area (Å²) >= 11 is 0. The van der Waals surface area contributed by atoms with Crippen LogP contribution in [0.3, 0.4) is 0 Å². The summed E-state index contributed by atoms with van der Waals surface area (Å²) in [6, 6.07) is 4.97. The maximum Gasteiger partial charge on any atom is 0.387 e. The molecule has 1 aromatic rings. The fraction of sp³-hybridized carbons (Fsp3) is 0.333. The lowest BCUT2D eigenvalue weighted by molar-refractivity contribution is -0.137. The van der Waals surface area contributed by atoms with Gasteiger partial charge in [-0.15, -0.1) is 0 Å². The van der Waals surface area contributed by atoms with Crippen LogP contribution in [-0.4, -0.2) is 17.7 Å². The summed E-state index contributed by atoms with van der Waals surface area (Å²) in [7, 11) is 0. The van der Waals surface area contributed by atoms with Crippen LogP contribution in [0.5, 0.6) is 5.75 Å². The van der Waals surface area contributed by atoms with Crippen molar-refractivity contribution < 1.29 is 27.8 Å². The normalized spacial score (nSPS) is 11.9. The minimum Gasteiger partial charge on any atom is -0.481 e. The molecule has 0 saturated heterocycles. The maximum atomic E-state index is 13.6. The van der Waals surface area contributed by atoms with Crippen LogP contribution >= 0.6 is 0 Å². The summed E-state index contributed by atoms with van der Waals surface area (Å²) in [5.41, 5.74) is -0.341. The SMILES string of the molecule is N#CC(CCC(=O)O)c1c(F)cccc1OC(F)F. The van der Waals surface area contributed by atoms with E-state index in [0.717, 1.165) is 12.1 Å². The third-order valence-electron chi connectivity index (χ3n) is 2.38. The molecule has 102 valence electrons. The number of ether oxygens (including phenoxy) is 1. The molecule has 0 heterocycles. The highest BCUT2D eigenvalue weighted by atomic mass is 19.3. The average molecular weight is 273 g/mol. The molecule has 0 aliphatic rings. The summed E-state index contributed by atoms with van der Waals surface area (Å²) in [6.45, 7) is -3.15. The second-order valence-electron chi connectivity index (χ2n) is 3.64. The lowest BCUT2D eigenvalue weighted by Crippen LogP contribution is -2.09. The van der Waals surface area contributed by atoms with Crippen molar-refractivity contribution in [1.82, 2.24) is 0 Å². The second kappa shape index (κ2) is 6.64. The van der Waals surface area contributed by atoms with E-state index in [1.807, 2.05) is 0 Å². The van der Waals surface area contributed by atoms with Gasteiger partial charge in [-0.2, -0.15) is 14.0 Å². The number of aliphatic carboxylic acids is 1. The number of benzene rings is 1. The Balaban J connectivity index is 3.07. The van der Waals surface area contributed by atoms with Crippen molar-refractivity contribution in [2.45, 2.75) is 25.4 Å². The first-order valence-electron chi connectivity index (χ1n) is 5.30. The number of carboxylic acid groups (broad SMARTS) is 1. The summed E-state index contributed by atoms with van der Waals surface area (Å²) in [5.74, 6) is -3.65. The molecule has 1 unspecified atom stereocenters. The Morgan fingerprint density at radius 1 is 1.47 bits per heavy atom. The van der Waals surface area contributed by atoms with Gasteiger partial charge in [0.1, 0.15) is 11.6 Å². The number of hydrogen-bond acceptors (Lipinski definition) is 3. The molecule has 0 radical (unpaired) electrons. The van der Waals surface area contributed by atoms with Gasteiger partial charge in [-0.25, -0.2) is 4.39 Å². The van der Waals surface area contributed by atoms with E-state index in [1.54, 1.807) is 6.07 Å². The number of nitrogens with zero attached hydrogens (tertiary/aromatic N) is 1. The Morgan fingerprint density at radius 2 is 2.16 bits per heavy atom. The largest absolute Gasteiger partial charge is 0.481 e. The summed E-state index contributed by atoms with van der Waals surface area (Å²) in [4.78, 5) is 10.4. The topological polar surface area (TPSA) is 70.3 Å². The minimum atomic E-state index is -3.15. The zero-order valence-electron chi connectivity index (χ0n) is 9.65. The van der Waals surface area contributed by atoms with Crippen LogP contribution in [0.2, 0.25) is 0 Å². The Hall–Kier alpha value is -2.23. The lowest BCUT2D eigenvalue weighted by Gasteiger charge is -2.15. The molecule has 4 nitrogen and oxygen atoms in total.